The monoisotopic (exact) mass is 450 g/mol. The van der Waals surface area contributed by atoms with Gasteiger partial charge in [-0.15, -0.1) is 16.8 Å². The minimum absolute atomic E-state index is 0.00728. The summed E-state index contributed by atoms with van der Waals surface area (Å²) >= 11 is 1.70. The highest BCUT2D eigenvalue weighted by molar-refractivity contribution is 7.99. The van der Waals surface area contributed by atoms with Crippen molar-refractivity contribution in [3.8, 4) is 5.75 Å². The SMILES string of the molecule is Cc1cc(SCCN(C)C)ccc1ON(C(=N)N)C(=O)c1cccc(S(C)(=O)=O)c1. The average Bonchev–Trinajstić information content (AvgIpc) is 2.65. The second-order valence-electron chi connectivity index (χ2n) is 6.96. The Bertz CT molecular complexity index is 1040. The summed E-state index contributed by atoms with van der Waals surface area (Å²) < 4.78 is 23.5. The number of aryl methyl sites for hydroxylation is 1. The van der Waals surface area contributed by atoms with Gasteiger partial charge in [0.2, 0.25) is 5.96 Å². The second kappa shape index (κ2) is 9.96. The van der Waals surface area contributed by atoms with Crippen LogP contribution in [0.4, 0.5) is 0 Å². The van der Waals surface area contributed by atoms with E-state index < -0.39 is 21.7 Å². The molecule has 2 aromatic carbocycles. The van der Waals surface area contributed by atoms with Gasteiger partial charge in [0, 0.05) is 29.0 Å². The maximum absolute atomic E-state index is 12.8. The van der Waals surface area contributed by atoms with Gasteiger partial charge in [-0.05, 0) is 63.0 Å². The van der Waals surface area contributed by atoms with E-state index in [4.69, 9.17) is 16.0 Å². The van der Waals surface area contributed by atoms with Crippen LogP contribution in [0.1, 0.15) is 15.9 Å². The van der Waals surface area contributed by atoms with Crippen LogP contribution in [0.5, 0.6) is 5.75 Å². The number of guanidine groups is 1. The molecule has 30 heavy (non-hydrogen) atoms. The Kier molecular flexibility index (Phi) is 7.88. The molecular weight excluding hydrogens is 424 g/mol. The quantitative estimate of drug-likeness (QED) is 0.274. The minimum Gasteiger partial charge on any atom is -0.368 e. The van der Waals surface area contributed by atoms with E-state index in [1.54, 1.807) is 17.8 Å². The van der Waals surface area contributed by atoms with Crippen LogP contribution in [-0.4, -0.2) is 62.9 Å². The Morgan fingerprint density at radius 3 is 2.47 bits per heavy atom. The van der Waals surface area contributed by atoms with Gasteiger partial charge in [0.1, 0.15) is 0 Å². The molecule has 8 nitrogen and oxygen atoms in total. The number of nitrogens with zero attached hydrogens (tertiary/aromatic N) is 2. The van der Waals surface area contributed by atoms with Crippen LogP contribution in [0.2, 0.25) is 0 Å². The van der Waals surface area contributed by atoms with Crippen LogP contribution >= 0.6 is 11.8 Å². The lowest BCUT2D eigenvalue weighted by Gasteiger charge is -2.21. The number of amides is 1. The second-order valence-corrected chi connectivity index (χ2v) is 10.1. The number of hydrogen-bond acceptors (Lipinski definition) is 7. The Morgan fingerprint density at radius 2 is 1.90 bits per heavy atom. The van der Waals surface area contributed by atoms with E-state index in [-0.39, 0.29) is 10.5 Å². The molecule has 0 aliphatic heterocycles. The van der Waals surface area contributed by atoms with Crippen molar-refractivity contribution in [2.75, 3.05) is 32.6 Å². The van der Waals surface area contributed by atoms with E-state index >= 15 is 0 Å². The normalized spacial score (nSPS) is 11.4. The smallest absolute Gasteiger partial charge is 0.294 e. The zero-order valence-electron chi connectivity index (χ0n) is 17.4. The van der Waals surface area contributed by atoms with Crippen LogP contribution in [-0.2, 0) is 9.84 Å². The first-order valence-corrected chi connectivity index (χ1v) is 11.9. The van der Waals surface area contributed by atoms with Crippen molar-refractivity contribution < 1.29 is 18.0 Å². The van der Waals surface area contributed by atoms with Crippen molar-refractivity contribution in [1.82, 2.24) is 9.96 Å². The molecule has 2 rings (SSSR count). The molecule has 2 aromatic rings. The first kappa shape index (κ1) is 23.7. The maximum Gasteiger partial charge on any atom is 0.294 e. The highest BCUT2D eigenvalue weighted by Crippen LogP contribution is 2.26. The van der Waals surface area contributed by atoms with Gasteiger partial charge >= 0.3 is 0 Å². The fourth-order valence-corrected chi connectivity index (χ4v) is 4.22. The Morgan fingerprint density at radius 1 is 1.20 bits per heavy atom. The van der Waals surface area contributed by atoms with Gasteiger partial charge < -0.3 is 15.5 Å². The Hall–Kier alpha value is -2.56. The maximum atomic E-state index is 12.8. The van der Waals surface area contributed by atoms with E-state index in [0.717, 1.165) is 29.0 Å². The fraction of sp³-hybridized carbons (Fsp3) is 0.300. The highest BCUT2D eigenvalue weighted by Gasteiger charge is 2.23. The molecule has 162 valence electrons. The fourth-order valence-electron chi connectivity index (χ4n) is 2.44. The number of carbonyl (C=O) groups is 1. The van der Waals surface area contributed by atoms with Crippen molar-refractivity contribution in [2.45, 2.75) is 16.7 Å². The number of thioether (sulfide) groups is 1. The summed E-state index contributed by atoms with van der Waals surface area (Å²) in [7, 11) is 0.541. The third-order valence-corrected chi connectivity index (χ3v) is 6.14. The van der Waals surface area contributed by atoms with Crippen molar-refractivity contribution in [1.29, 1.82) is 5.41 Å². The molecule has 0 saturated carbocycles. The number of sulfone groups is 1. The predicted molar refractivity (Wildman–Crippen MR) is 119 cm³/mol. The Balaban J connectivity index is 2.22. The summed E-state index contributed by atoms with van der Waals surface area (Å²) in [6.45, 7) is 2.78. The van der Waals surface area contributed by atoms with Crippen molar-refractivity contribution in [3.63, 3.8) is 0 Å². The molecule has 0 saturated heterocycles. The zero-order chi connectivity index (χ0) is 22.5. The van der Waals surface area contributed by atoms with E-state index in [1.807, 2.05) is 33.2 Å². The van der Waals surface area contributed by atoms with Crippen LogP contribution in [0, 0.1) is 12.3 Å². The molecule has 0 aromatic heterocycles. The van der Waals surface area contributed by atoms with Gasteiger partial charge in [0.05, 0.1) is 4.90 Å². The number of carbonyl (C=O) groups excluding carboxylic acids is 1. The van der Waals surface area contributed by atoms with Crippen molar-refractivity contribution >= 4 is 33.5 Å². The summed E-state index contributed by atoms with van der Waals surface area (Å²) in [5.74, 6) is -0.0540. The number of hydrogen-bond donors (Lipinski definition) is 2. The summed E-state index contributed by atoms with van der Waals surface area (Å²) in [6, 6.07) is 11.0. The number of nitrogens with two attached hydrogens (primary N) is 1. The van der Waals surface area contributed by atoms with Gasteiger partial charge in [-0.25, -0.2) is 8.42 Å². The summed E-state index contributed by atoms with van der Waals surface area (Å²) in [4.78, 5) is 21.6. The molecule has 0 radical (unpaired) electrons. The van der Waals surface area contributed by atoms with Gasteiger partial charge in [-0.2, -0.15) is 0 Å². The van der Waals surface area contributed by atoms with Gasteiger partial charge in [0.15, 0.2) is 15.6 Å². The number of nitrogens with one attached hydrogen (secondary N) is 1. The molecule has 10 heteroatoms. The molecule has 1 amide bonds. The number of hydroxylamine groups is 2. The first-order valence-electron chi connectivity index (χ1n) is 9.04. The molecular formula is C20H26N4O4S2. The lowest BCUT2D eigenvalue weighted by atomic mass is 10.2. The molecule has 0 spiro atoms. The van der Waals surface area contributed by atoms with Crippen LogP contribution in [0.25, 0.3) is 0 Å². The topological polar surface area (TPSA) is 117 Å². The molecule has 0 unspecified atom stereocenters. The molecule has 0 aliphatic rings. The van der Waals surface area contributed by atoms with Crippen LogP contribution < -0.4 is 10.6 Å². The van der Waals surface area contributed by atoms with Crippen LogP contribution in [0.3, 0.4) is 0 Å². The molecule has 3 N–H and O–H groups in total. The standard InChI is InChI=1S/C20H26N4O4S2/c1-14-12-16(29-11-10-23(2)3)8-9-18(14)28-24(20(21)22)19(25)15-6-5-7-17(13-15)30(4,26)27/h5-9,12-13H,10-11H2,1-4H3,(H3,21,22). The predicted octanol–water partition coefficient (Wildman–Crippen LogP) is 2.38. The number of benzene rings is 2. The lowest BCUT2D eigenvalue weighted by molar-refractivity contribution is 0.0148. The zero-order valence-corrected chi connectivity index (χ0v) is 19.0. The van der Waals surface area contributed by atoms with Gasteiger partial charge in [-0.1, -0.05) is 6.07 Å². The van der Waals surface area contributed by atoms with Gasteiger partial charge in [-0.3, -0.25) is 10.2 Å². The minimum atomic E-state index is -3.49. The van der Waals surface area contributed by atoms with Crippen molar-refractivity contribution in [3.05, 3.63) is 53.6 Å². The highest BCUT2D eigenvalue weighted by atomic mass is 32.2. The third-order valence-electron chi connectivity index (χ3n) is 4.06. The van der Waals surface area contributed by atoms with E-state index in [9.17, 15) is 13.2 Å². The van der Waals surface area contributed by atoms with E-state index in [1.165, 1.54) is 24.3 Å². The van der Waals surface area contributed by atoms with Crippen molar-refractivity contribution in [2.24, 2.45) is 5.73 Å². The van der Waals surface area contributed by atoms with E-state index in [2.05, 4.69) is 4.90 Å². The summed E-state index contributed by atoms with van der Waals surface area (Å²) in [6.07, 6.45) is 1.05. The molecule has 0 fully saturated rings. The molecule has 0 heterocycles. The summed E-state index contributed by atoms with van der Waals surface area (Å²) in [5.41, 5.74) is 6.37. The largest absolute Gasteiger partial charge is 0.368 e. The average molecular weight is 451 g/mol. The number of rotatable bonds is 8. The Labute approximate surface area is 181 Å². The summed E-state index contributed by atoms with van der Waals surface area (Å²) in [5, 5.41) is 8.37. The first-order chi connectivity index (χ1) is 14.0. The molecule has 0 aliphatic carbocycles. The van der Waals surface area contributed by atoms with Crippen LogP contribution in [0.15, 0.2) is 52.3 Å². The molecule has 0 atom stereocenters. The van der Waals surface area contributed by atoms with E-state index in [0.29, 0.717) is 10.8 Å². The third kappa shape index (κ3) is 6.48. The van der Waals surface area contributed by atoms with Gasteiger partial charge in [0.25, 0.3) is 5.91 Å². The molecule has 0 bridgehead atoms. The lowest BCUT2D eigenvalue weighted by Crippen LogP contribution is -2.43.